The van der Waals surface area contributed by atoms with Crippen LogP contribution in [-0.2, 0) is 20.7 Å². The van der Waals surface area contributed by atoms with Crippen LogP contribution in [0.4, 0.5) is 4.39 Å². The van der Waals surface area contributed by atoms with Crippen molar-refractivity contribution >= 4 is 11.9 Å². The number of nitrogens with two attached hydrogens (primary N) is 1. The van der Waals surface area contributed by atoms with Crippen LogP contribution >= 0.6 is 0 Å². The summed E-state index contributed by atoms with van der Waals surface area (Å²) in [5.74, 6) is -4.42. The average molecular weight is 419 g/mol. The minimum Gasteiger partial charge on any atom is -0.481 e. The second-order valence-electron chi connectivity index (χ2n) is 7.67. The molecule has 0 unspecified atom stereocenters. The smallest absolute Gasteiger partial charge is 0.321 e. The number of esters is 1. The van der Waals surface area contributed by atoms with Gasteiger partial charge in [-0.05, 0) is 46.4 Å². The second kappa shape index (κ2) is 8.70. The molecule has 158 valence electrons. The molecule has 0 amide bonds. The SMILES string of the molecule is N[C@@H](Cc1cccc(F)c1)[C@@H](C(=O)O)C(=O)OCC1c2ccccc2-c2ccccc21. The molecule has 0 spiro atoms. The summed E-state index contributed by atoms with van der Waals surface area (Å²) in [5, 5.41) is 9.60. The summed E-state index contributed by atoms with van der Waals surface area (Å²) in [4.78, 5) is 24.5. The Kier molecular flexibility index (Phi) is 5.82. The lowest BCUT2D eigenvalue weighted by molar-refractivity contribution is -0.159. The first-order valence-electron chi connectivity index (χ1n) is 10.0. The molecule has 1 aliphatic carbocycles. The Labute approximate surface area is 179 Å². The molecule has 6 heteroatoms. The Balaban J connectivity index is 1.49. The first-order valence-corrected chi connectivity index (χ1v) is 10.0. The highest BCUT2D eigenvalue weighted by Crippen LogP contribution is 2.44. The highest BCUT2D eigenvalue weighted by Gasteiger charge is 2.36. The summed E-state index contributed by atoms with van der Waals surface area (Å²) in [7, 11) is 0. The number of halogens is 1. The van der Waals surface area contributed by atoms with Gasteiger partial charge in [0.25, 0.3) is 0 Å². The van der Waals surface area contributed by atoms with Crippen LogP contribution < -0.4 is 5.73 Å². The van der Waals surface area contributed by atoms with Crippen molar-refractivity contribution in [3.05, 3.63) is 95.3 Å². The van der Waals surface area contributed by atoms with E-state index in [2.05, 4.69) is 0 Å². The lowest BCUT2D eigenvalue weighted by Gasteiger charge is -2.21. The average Bonchev–Trinajstić information content (AvgIpc) is 3.06. The molecule has 0 aromatic heterocycles. The van der Waals surface area contributed by atoms with E-state index < -0.39 is 29.7 Å². The molecular formula is C25H22FNO4. The van der Waals surface area contributed by atoms with Crippen LogP contribution in [0.1, 0.15) is 22.6 Å². The third-order valence-electron chi connectivity index (χ3n) is 5.66. The first-order chi connectivity index (χ1) is 15.0. The Hall–Kier alpha value is -3.51. The number of rotatable bonds is 7. The van der Waals surface area contributed by atoms with Gasteiger partial charge in [-0.2, -0.15) is 0 Å². The quantitative estimate of drug-likeness (QED) is 0.450. The van der Waals surface area contributed by atoms with Gasteiger partial charge in [0.1, 0.15) is 12.4 Å². The van der Waals surface area contributed by atoms with Crippen molar-refractivity contribution in [3.8, 4) is 11.1 Å². The fourth-order valence-electron chi connectivity index (χ4n) is 4.21. The van der Waals surface area contributed by atoms with Gasteiger partial charge in [-0.1, -0.05) is 60.7 Å². The Morgan fingerprint density at radius 1 is 0.968 bits per heavy atom. The number of hydrogen-bond acceptors (Lipinski definition) is 4. The van der Waals surface area contributed by atoms with Gasteiger partial charge >= 0.3 is 11.9 Å². The number of carboxylic acids is 1. The van der Waals surface area contributed by atoms with Crippen molar-refractivity contribution < 1.29 is 23.8 Å². The van der Waals surface area contributed by atoms with Gasteiger partial charge in [-0.15, -0.1) is 0 Å². The van der Waals surface area contributed by atoms with Crippen LogP contribution in [0.2, 0.25) is 0 Å². The van der Waals surface area contributed by atoms with E-state index in [4.69, 9.17) is 10.5 Å². The number of benzene rings is 3. The molecule has 2 atom stereocenters. The normalized spacial score (nSPS) is 14.4. The van der Waals surface area contributed by atoms with E-state index in [9.17, 15) is 19.1 Å². The Morgan fingerprint density at radius 2 is 1.58 bits per heavy atom. The molecule has 0 saturated heterocycles. The van der Waals surface area contributed by atoms with Gasteiger partial charge in [0.05, 0.1) is 0 Å². The van der Waals surface area contributed by atoms with Crippen LogP contribution in [0.3, 0.4) is 0 Å². The van der Waals surface area contributed by atoms with E-state index in [-0.39, 0.29) is 18.9 Å². The van der Waals surface area contributed by atoms with Gasteiger partial charge in [-0.25, -0.2) is 4.39 Å². The third kappa shape index (κ3) is 4.20. The number of ether oxygens (including phenoxy) is 1. The number of carboxylic acid groups (broad SMARTS) is 1. The predicted octanol–water partition coefficient (Wildman–Crippen LogP) is 3.75. The molecule has 1 aliphatic rings. The molecule has 31 heavy (non-hydrogen) atoms. The maximum atomic E-state index is 13.4. The molecule has 0 radical (unpaired) electrons. The number of carbonyl (C=O) groups excluding carboxylic acids is 1. The summed E-state index contributed by atoms with van der Waals surface area (Å²) in [6.45, 7) is 0.0172. The summed E-state index contributed by atoms with van der Waals surface area (Å²) >= 11 is 0. The predicted molar refractivity (Wildman–Crippen MR) is 114 cm³/mol. The van der Waals surface area contributed by atoms with Crippen LogP contribution in [-0.4, -0.2) is 29.7 Å². The van der Waals surface area contributed by atoms with Crippen LogP contribution in [0, 0.1) is 11.7 Å². The van der Waals surface area contributed by atoms with Crippen LogP contribution in [0.25, 0.3) is 11.1 Å². The van der Waals surface area contributed by atoms with E-state index in [0.29, 0.717) is 5.56 Å². The topological polar surface area (TPSA) is 89.6 Å². The first kappa shape index (κ1) is 20.8. The maximum absolute atomic E-state index is 13.4. The molecular weight excluding hydrogens is 397 g/mol. The fourth-order valence-corrected chi connectivity index (χ4v) is 4.21. The van der Waals surface area contributed by atoms with E-state index >= 15 is 0 Å². The van der Waals surface area contributed by atoms with Crippen molar-refractivity contribution in [2.24, 2.45) is 11.7 Å². The highest BCUT2D eigenvalue weighted by molar-refractivity contribution is 5.95. The largest absolute Gasteiger partial charge is 0.481 e. The molecule has 3 aromatic carbocycles. The molecule has 4 rings (SSSR count). The van der Waals surface area contributed by atoms with Crippen LogP contribution in [0.5, 0.6) is 0 Å². The van der Waals surface area contributed by atoms with Crippen molar-refractivity contribution in [3.63, 3.8) is 0 Å². The zero-order valence-electron chi connectivity index (χ0n) is 16.7. The van der Waals surface area contributed by atoms with Crippen LogP contribution in [0.15, 0.2) is 72.8 Å². The van der Waals surface area contributed by atoms with Crippen molar-refractivity contribution in [1.82, 2.24) is 0 Å². The van der Waals surface area contributed by atoms with E-state index in [1.54, 1.807) is 6.07 Å². The second-order valence-corrected chi connectivity index (χ2v) is 7.67. The van der Waals surface area contributed by atoms with E-state index in [1.165, 1.54) is 18.2 Å². The van der Waals surface area contributed by atoms with Gasteiger partial charge in [0, 0.05) is 12.0 Å². The summed E-state index contributed by atoms with van der Waals surface area (Å²) < 4.78 is 18.9. The van der Waals surface area contributed by atoms with Crippen molar-refractivity contribution in [2.75, 3.05) is 6.61 Å². The number of hydrogen-bond donors (Lipinski definition) is 2. The van der Waals surface area contributed by atoms with Gasteiger partial charge in [-0.3, -0.25) is 9.59 Å². The standard InChI is InChI=1S/C25H22FNO4/c26-16-7-5-6-15(12-16)13-22(27)23(24(28)29)25(30)31-14-21-19-10-3-1-8-17(19)18-9-2-4-11-20(18)21/h1-12,21-23H,13-14,27H2,(H,28,29)/t22-,23-/m0/s1. The zero-order chi connectivity index (χ0) is 22.0. The molecule has 3 N–H and O–H groups in total. The van der Waals surface area contributed by atoms with Gasteiger partial charge in [0.15, 0.2) is 5.92 Å². The molecule has 0 aliphatic heterocycles. The molecule has 5 nitrogen and oxygen atoms in total. The monoisotopic (exact) mass is 419 g/mol. The van der Waals surface area contributed by atoms with Gasteiger partial charge in [0.2, 0.25) is 0 Å². The minimum absolute atomic E-state index is 0.0172. The lowest BCUT2D eigenvalue weighted by Crippen LogP contribution is -2.43. The molecule has 0 fully saturated rings. The number of fused-ring (bicyclic) bond motifs is 3. The lowest BCUT2D eigenvalue weighted by atomic mass is 9.94. The molecule has 0 bridgehead atoms. The van der Waals surface area contributed by atoms with Gasteiger partial charge < -0.3 is 15.6 Å². The summed E-state index contributed by atoms with van der Waals surface area (Å²) in [6.07, 6.45) is 0.0406. The minimum atomic E-state index is -1.55. The summed E-state index contributed by atoms with van der Waals surface area (Å²) in [5.41, 5.74) is 10.8. The molecule has 0 heterocycles. The highest BCUT2D eigenvalue weighted by atomic mass is 19.1. The zero-order valence-corrected chi connectivity index (χ0v) is 16.7. The van der Waals surface area contributed by atoms with Crippen molar-refractivity contribution in [2.45, 2.75) is 18.4 Å². The van der Waals surface area contributed by atoms with E-state index in [0.717, 1.165) is 22.3 Å². The maximum Gasteiger partial charge on any atom is 0.321 e. The number of aliphatic carboxylic acids is 1. The Bertz CT molecular complexity index is 1080. The summed E-state index contributed by atoms with van der Waals surface area (Å²) in [6, 6.07) is 20.4. The van der Waals surface area contributed by atoms with Crippen molar-refractivity contribution in [1.29, 1.82) is 0 Å². The fraction of sp³-hybridized carbons (Fsp3) is 0.200. The molecule has 0 saturated carbocycles. The Morgan fingerprint density at radius 3 is 2.16 bits per heavy atom. The number of carbonyl (C=O) groups is 2. The molecule has 3 aromatic rings. The third-order valence-corrected chi connectivity index (χ3v) is 5.66. The van der Waals surface area contributed by atoms with E-state index in [1.807, 2.05) is 48.5 Å².